The van der Waals surface area contributed by atoms with Gasteiger partial charge in [0.1, 0.15) is 6.61 Å². The zero-order valence-corrected chi connectivity index (χ0v) is 32.4. The maximum absolute atomic E-state index is 12.8. The summed E-state index contributed by atoms with van der Waals surface area (Å²) in [6.45, 7) is 2.02. The monoisotopic (exact) mass is 781 g/mol. The number of aliphatic carboxylic acids is 1. The number of aliphatic hydroxyl groups excluding tert-OH is 3. The Bertz CT molecular complexity index is 1740. The van der Waals surface area contributed by atoms with Gasteiger partial charge in [0.25, 0.3) is 0 Å². The molecule has 10 N–H and O–H groups in total. The minimum atomic E-state index is -0.877. The van der Waals surface area contributed by atoms with Crippen LogP contribution < -0.4 is 30.6 Å². The van der Waals surface area contributed by atoms with E-state index in [0.717, 1.165) is 43.2 Å². The number of nitrogens with one attached hydrogen (secondary N) is 2. The van der Waals surface area contributed by atoms with Crippen LogP contribution in [0.15, 0.2) is 53.9 Å². The molecule has 1 spiro atoms. The normalized spacial score (nSPS) is 28.6. The van der Waals surface area contributed by atoms with E-state index in [9.17, 15) is 35.4 Å². The van der Waals surface area contributed by atoms with Gasteiger partial charge in [-0.15, -0.1) is 0 Å². The highest BCUT2D eigenvalue weighted by Crippen LogP contribution is 2.62. The largest absolute Gasteiger partial charge is 0.504 e. The first kappa shape index (κ1) is 41.4. The zero-order chi connectivity index (χ0) is 40.0. The van der Waals surface area contributed by atoms with E-state index in [4.69, 9.17) is 24.7 Å². The summed E-state index contributed by atoms with van der Waals surface area (Å²) in [5, 5.41) is 69.5. The van der Waals surface area contributed by atoms with Gasteiger partial charge in [-0.1, -0.05) is 25.0 Å². The fourth-order valence-electron chi connectivity index (χ4n) is 10.2. The molecule has 4 aliphatic rings. The molecule has 1 saturated carbocycles. The number of aryl methyl sites for hydroxylation is 1. The van der Waals surface area contributed by atoms with Crippen LogP contribution in [0.2, 0.25) is 0 Å². The summed E-state index contributed by atoms with van der Waals surface area (Å²) in [4.78, 5) is 12.8. The van der Waals surface area contributed by atoms with Crippen molar-refractivity contribution in [2.24, 2.45) is 22.5 Å². The number of nitrogens with two attached hydrogens (primary N) is 1. The summed E-state index contributed by atoms with van der Waals surface area (Å²) in [6, 6.07) is 7.97. The van der Waals surface area contributed by atoms with Crippen molar-refractivity contribution in [3.05, 3.63) is 65.0 Å². The summed E-state index contributed by atoms with van der Waals surface area (Å²) >= 11 is 0. The van der Waals surface area contributed by atoms with Crippen LogP contribution in [0, 0.1) is 16.7 Å². The van der Waals surface area contributed by atoms with Gasteiger partial charge in [0, 0.05) is 36.6 Å². The van der Waals surface area contributed by atoms with Crippen LogP contribution in [0.25, 0.3) is 0 Å². The third kappa shape index (κ3) is 8.84. The number of carboxylic acid groups (broad SMARTS) is 1. The number of aliphatic hydroxyl groups is 3. The van der Waals surface area contributed by atoms with Gasteiger partial charge in [-0.3, -0.25) is 4.79 Å². The first-order valence-electron chi connectivity index (χ1n) is 19.8. The highest BCUT2D eigenvalue weighted by Gasteiger charge is 2.60. The summed E-state index contributed by atoms with van der Waals surface area (Å²) in [5.41, 5.74) is 7.65. The van der Waals surface area contributed by atoms with Gasteiger partial charge >= 0.3 is 5.97 Å². The molecule has 7 atom stereocenters. The van der Waals surface area contributed by atoms with Crippen LogP contribution in [0.4, 0.5) is 0 Å². The summed E-state index contributed by atoms with van der Waals surface area (Å²) in [5.74, 6) is -0.644. The van der Waals surface area contributed by atoms with Crippen molar-refractivity contribution in [3.8, 4) is 28.7 Å². The van der Waals surface area contributed by atoms with E-state index < -0.39 is 42.3 Å². The first-order valence-corrected chi connectivity index (χ1v) is 19.8. The molecule has 2 aromatic rings. The lowest BCUT2D eigenvalue weighted by atomic mass is 9.50. The van der Waals surface area contributed by atoms with Gasteiger partial charge in [0.2, 0.25) is 5.75 Å². The van der Waals surface area contributed by atoms with E-state index in [1.807, 2.05) is 6.08 Å². The molecule has 2 saturated heterocycles. The Morgan fingerprint density at radius 3 is 2.52 bits per heavy atom. The van der Waals surface area contributed by atoms with Crippen LogP contribution in [-0.2, 0) is 16.0 Å². The number of carbonyl (C=O) groups is 1. The van der Waals surface area contributed by atoms with E-state index in [0.29, 0.717) is 43.6 Å². The maximum Gasteiger partial charge on any atom is 0.304 e. The Hall–Kier alpha value is -4.21. The van der Waals surface area contributed by atoms with Crippen molar-refractivity contribution in [1.82, 2.24) is 10.6 Å². The van der Waals surface area contributed by atoms with E-state index in [1.165, 1.54) is 13.2 Å². The third-order valence-electron chi connectivity index (χ3n) is 12.7. The number of carboxylic acids is 1. The number of benzene rings is 2. The second-order valence-corrected chi connectivity index (χ2v) is 16.1. The fourth-order valence-corrected chi connectivity index (χ4v) is 10.2. The van der Waals surface area contributed by atoms with Crippen LogP contribution >= 0.6 is 0 Å². The minimum Gasteiger partial charge on any atom is -0.504 e. The number of phenols is 2. The van der Waals surface area contributed by atoms with Gasteiger partial charge in [-0.05, 0) is 111 Å². The number of hydrogen-bond acceptors (Lipinski definition) is 13. The van der Waals surface area contributed by atoms with Crippen LogP contribution in [-0.4, -0.2) is 94.6 Å². The van der Waals surface area contributed by atoms with Gasteiger partial charge in [-0.25, -0.2) is 0 Å². The highest BCUT2D eigenvalue weighted by atomic mass is 16.6. The van der Waals surface area contributed by atoms with E-state index in [-0.39, 0.29) is 72.4 Å². The topological polar surface area (TPSA) is 225 Å². The molecule has 14 heteroatoms. The van der Waals surface area contributed by atoms with Crippen molar-refractivity contribution in [1.29, 1.82) is 0 Å². The molecule has 3 fully saturated rings. The molecule has 56 heavy (non-hydrogen) atoms. The Morgan fingerprint density at radius 2 is 1.82 bits per heavy atom. The second kappa shape index (κ2) is 17.9. The summed E-state index contributed by atoms with van der Waals surface area (Å²) in [6.07, 6.45) is 8.92. The molecular formula is C42H59N3O11. The smallest absolute Gasteiger partial charge is 0.304 e. The molecule has 1 aliphatic carbocycles. The molecule has 14 nitrogen and oxygen atoms in total. The van der Waals surface area contributed by atoms with Crippen molar-refractivity contribution >= 4 is 5.97 Å². The summed E-state index contributed by atoms with van der Waals surface area (Å²) in [7, 11) is 1.44. The van der Waals surface area contributed by atoms with Crippen LogP contribution in [0.3, 0.4) is 0 Å². The minimum absolute atomic E-state index is 0.0629. The summed E-state index contributed by atoms with van der Waals surface area (Å²) < 4.78 is 24.0. The van der Waals surface area contributed by atoms with Gasteiger partial charge in [0.15, 0.2) is 29.8 Å². The average molecular weight is 782 g/mol. The Kier molecular flexibility index (Phi) is 13.3. The predicted octanol–water partition coefficient (Wildman–Crippen LogP) is 4.13. The number of phenolic OH excluding ortho intramolecular Hbond substituents is 2. The van der Waals surface area contributed by atoms with Crippen molar-refractivity contribution < 1.29 is 54.4 Å². The number of piperidine rings is 1. The number of aromatic hydroxyl groups is 2. The molecule has 0 aromatic heterocycles. The molecule has 0 unspecified atom stereocenters. The number of allylic oxidation sites excluding steroid dienone is 2. The quantitative estimate of drug-likeness (QED) is 0.109. The number of dihydropyridines is 1. The van der Waals surface area contributed by atoms with Gasteiger partial charge in [0.05, 0.1) is 37.7 Å². The number of rotatable bonds is 16. The molecule has 0 bridgehead atoms. The van der Waals surface area contributed by atoms with E-state index >= 15 is 0 Å². The molecule has 0 radical (unpaired) electrons. The number of ether oxygens (including phenoxy) is 4. The highest BCUT2D eigenvalue weighted by molar-refractivity contribution is 5.68. The maximum atomic E-state index is 12.8. The van der Waals surface area contributed by atoms with Crippen LogP contribution in [0.5, 0.6) is 28.7 Å². The Balaban J connectivity index is 1.30. The molecular weight excluding hydrogens is 722 g/mol. The molecule has 3 aliphatic heterocycles. The number of hydrogen-bond donors (Lipinski definition) is 9. The first-order chi connectivity index (χ1) is 26.9. The van der Waals surface area contributed by atoms with E-state index in [1.54, 1.807) is 24.3 Å². The predicted molar refractivity (Wildman–Crippen MR) is 207 cm³/mol. The molecule has 6 rings (SSSR count). The average Bonchev–Trinajstić information content (AvgIpc) is 3.63. The molecule has 0 amide bonds. The lowest BCUT2D eigenvalue weighted by Crippen LogP contribution is -2.65. The molecule has 308 valence electrons. The zero-order valence-electron chi connectivity index (χ0n) is 32.4. The molecule has 3 heterocycles. The number of methoxy groups -OCH3 is 1. The van der Waals surface area contributed by atoms with Crippen molar-refractivity contribution in [2.45, 2.75) is 108 Å². The van der Waals surface area contributed by atoms with Crippen LogP contribution in [0.1, 0.15) is 88.4 Å². The Labute approximate surface area is 328 Å². The molecule has 2 aromatic carbocycles. The third-order valence-corrected chi connectivity index (χ3v) is 12.7. The Morgan fingerprint density at radius 1 is 1.05 bits per heavy atom. The second-order valence-electron chi connectivity index (χ2n) is 16.1. The van der Waals surface area contributed by atoms with Gasteiger partial charge < -0.3 is 66.0 Å². The van der Waals surface area contributed by atoms with Crippen molar-refractivity contribution in [2.75, 3.05) is 33.7 Å². The van der Waals surface area contributed by atoms with Gasteiger partial charge in [-0.2, -0.15) is 0 Å². The standard InChI is InChI=1S/C42H59N3O11/c1-25-20-41(11-3-4-12-41)42(22-38(50)51,21-27-9-13-44-37(43)16-27)36(45-25)23-54-35-18-28(17-34(53-2)39(35)52)40-30(10-14-46)32(49)19-29(56-40)7-5-26-6-8-31(48)33(15-26)55-24-47/h6,8-9,15-18,25,29-30,32,36,40,44-49,52H,3-5,7,10-14,19-24,43H2,1-2H3,(H,50,51)/t25-,29+,30-,32+,36+,40-,42+/m1/s1. The van der Waals surface area contributed by atoms with Crippen molar-refractivity contribution in [3.63, 3.8) is 0 Å². The lowest BCUT2D eigenvalue weighted by molar-refractivity contribution is -0.148. The van der Waals surface area contributed by atoms with E-state index in [2.05, 4.69) is 23.6 Å². The SMILES string of the molecule is COc1cc([C@H]2O[C@@H](CCc3ccc(O)c(OCO)c3)C[C@H](O)[C@H]2CCO)cc(OC[C@@H]2N[C@H](C)CC3(CCCC3)[C@]2(CC(=O)O)CC2=CCNC(N)=C2)c1O. The lowest BCUT2D eigenvalue weighted by Gasteiger charge is -2.58. The fraction of sp³-hybridized carbons (Fsp3) is 0.595.